The smallest absolute Gasteiger partial charge is 0.120 e. The van der Waals surface area contributed by atoms with Crippen LogP contribution in [0, 0.1) is 6.92 Å². The first kappa shape index (κ1) is 13.0. The average Bonchev–Trinajstić information content (AvgIpc) is 2.34. The molecule has 0 fully saturated rings. The van der Waals surface area contributed by atoms with E-state index in [-0.39, 0.29) is 6.04 Å². The molecular formula is C15H16BrNO. The third-order valence-electron chi connectivity index (χ3n) is 2.96. The van der Waals surface area contributed by atoms with Crippen LogP contribution in [0.1, 0.15) is 24.1 Å². The Morgan fingerprint density at radius 3 is 2.56 bits per heavy atom. The first-order valence-electron chi connectivity index (χ1n) is 5.88. The Morgan fingerprint density at radius 1 is 1.17 bits per heavy atom. The van der Waals surface area contributed by atoms with E-state index in [1.807, 2.05) is 37.3 Å². The molecule has 18 heavy (non-hydrogen) atoms. The maximum Gasteiger partial charge on any atom is 0.120 e. The average molecular weight is 306 g/mol. The summed E-state index contributed by atoms with van der Waals surface area (Å²) in [4.78, 5) is 0. The van der Waals surface area contributed by atoms with Gasteiger partial charge < -0.3 is 10.4 Å². The van der Waals surface area contributed by atoms with E-state index in [4.69, 9.17) is 0 Å². The predicted molar refractivity (Wildman–Crippen MR) is 79.0 cm³/mol. The molecule has 2 aromatic carbocycles. The molecule has 0 aromatic heterocycles. The van der Waals surface area contributed by atoms with Gasteiger partial charge in [0, 0.05) is 22.3 Å². The molecule has 0 radical (unpaired) electrons. The fraction of sp³-hybridized carbons (Fsp3) is 0.200. The highest BCUT2D eigenvalue weighted by Crippen LogP contribution is 2.28. The van der Waals surface area contributed by atoms with Crippen molar-refractivity contribution in [2.24, 2.45) is 0 Å². The molecule has 2 aromatic rings. The van der Waals surface area contributed by atoms with Crippen molar-refractivity contribution in [1.29, 1.82) is 0 Å². The molecule has 0 aliphatic heterocycles. The molecule has 3 heteroatoms. The van der Waals surface area contributed by atoms with Crippen LogP contribution < -0.4 is 5.32 Å². The zero-order chi connectivity index (χ0) is 13.1. The third-order valence-corrected chi connectivity index (χ3v) is 3.69. The van der Waals surface area contributed by atoms with Crippen molar-refractivity contribution in [3.63, 3.8) is 0 Å². The third kappa shape index (κ3) is 2.85. The van der Waals surface area contributed by atoms with Gasteiger partial charge in [-0.05, 0) is 37.1 Å². The molecule has 2 rings (SSSR count). The Morgan fingerprint density at radius 2 is 1.89 bits per heavy atom. The van der Waals surface area contributed by atoms with E-state index in [0.29, 0.717) is 5.75 Å². The molecule has 94 valence electrons. The van der Waals surface area contributed by atoms with E-state index in [1.54, 1.807) is 6.07 Å². The highest BCUT2D eigenvalue weighted by atomic mass is 79.9. The number of rotatable bonds is 3. The molecule has 0 amide bonds. The number of halogens is 1. The highest BCUT2D eigenvalue weighted by molar-refractivity contribution is 9.10. The molecule has 0 saturated heterocycles. The minimum absolute atomic E-state index is 0.169. The lowest BCUT2D eigenvalue weighted by Crippen LogP contribution is -2.07. The summed E-state index contributed by atoms with van der Waals surface area (Å²) in [7, 11) is 0. The van der Waals surface area contributed by atoms with Crippen LogP contribution in [0.3, 0.4) is 0 Å². The highest BCUT2D eigenvalue weighted by Gasteiger charge is 2.09. The Labute approximate surface area is 116 Å². The van der Waals surface area contributed by atoms with Crippen molar-refractivity contribution in [1.82, 2.24) is 0 Å². The fourth-order valence-corrected chi connectivity index (χ4v) is 2.48. The largest absolute Gasteiger partial charge is 0.508 e. The second-order valence-electron chi connectivity index (χ2n) is 4.39. The van der Waals surface area contributed by atoms with Crippen molar-refractivity contribution < 1.29 is 5.11 Å². The van der Waals surface area contributed by atoms with E-state index < -0.39 is 0 Å². The second kappa shape index (κ2) is 5.44. The van der Waals surface area contributed by atoms with Crippen molar-refractivity contribution >= 4 is 21.6 Å². The van der Waals surface area contributed by atoms with Crippen LogP contribution in [0.2, 0.25) is 0 Å². The first-order valence-corrected chi connectivity index (χ1v) is 6.68. The van der Waals surface area contributed by atoms with E-state index in [2.05, 4.69) is 34.2 Å². The number of phenolic OH excluding ortho intramolecular Hbond substituents is 1. The molecule has 2 N–H and O–H groups in total. The van der Waals surface area contributed by atoms with Gasteiger partial charge in [-0.3, -0.25) is 0 Å². The maximum atomic E-state index is 9.69. The first-order chi connectivity index (χ1) is 8.58. The summed E-state index contributed by atoms with van der Waals surface area (Å²) >= 11 is 3.55. The SMILES string of the molecule is Cc1ccc(NC(C)c2ccccc2Br)cc1O. The molecular weight excluding hydrogens is 290 g/mol. The van der Waals surface area contributed by atoms with E-state index in [9.17, 15) is 5.11 Å². The zero-order valence-electron chi connectivity index (χ0n) is 10.4. The molecule has 0 aliphatic carbocycles. The van der Waals surface area contributed by atoms with Gasteiger partial charge in [0.05, 0.1) is 0 Å². The predicted octanol–water partition coefficient (Wildman–Crippen LogP) is 4.64. The molecule has 0 saturated carbocycles. The van der Waals surface area contributed by atoms with Crippen LogP contribution in [0.4, 0.5) is 5.69 Å². The van der Waals surface area contributed by atoms with Gasteiger partial charge in [0.2, 0.25) is 0 Å². The summed E-state index contributed by atoms with van der Waals surface area (Å²) in [5.74, 6) is 0.319. The summed E-state index contributed by atoms with van der Waals surface area (Å²) in [6, 6.07) is 13.9. The van der Waals surface area contributed by atoms with Gasteiger partial charge >= 0.3 is 0 Å². The lowest BCUT2D eigenvalue weighted by molar-refractivity contribution is 0.471. The molecule has 0 spiro atoms. The fourth-order valence-electron chi connectivity index (χ4n) is 1.85. The quantitative estimate of drug-likeness (QED) is 0.866. The second-order valence-corrected chi connectivity index (χ2v) is 5.24. The molecule has 2 nitrogen and oxygen atoms in total. The molecule has 1 atom stereocenters. The van der Waals surface area contributed by atoms with Crippen LogP contribution in [-0.2, 0) is 0 Å². The zero-order valence-corrected chi connectivity index (χ0v) is 12.0. The minimum atomic E-state index is 0.169. The Bertz CT molecular complexity index is 554. The summed E-state index contributed by atoms with van der Waals surface area (Å²) < 4.78 is 1.08. The molecule has 1 unspecified atom stereocenters. The van der Waals surface area contributed by atoms with Gasteiger partial charge in [-0.2, -0.15) is 0 Å². The van der Waals surface area contributed by atoms with Crippen molar-refractivity contribution in [3.8, 4) is 5.75 Å². The van der Waals surface area contributed by atoms with Gasteiger partial charge in [0.15, 0.2) is 0 Å². The van der Waals surface area contributed by atoms with Crippen molar-refractivity contribution in [2.45, 2.75) is 19.9 Å². The van der Waals surface area contributed by atoms with Gasteiger partial charge in [-0.1, -0.05) is 40.2 Å². The van der Waals surface area contributed by atoms with Crippen LogP contribution >= 0.6 is 15.9 Å². The lowest BCUT2D eigenvalue weighted by Gasteiger charge is -2.17. The number of anilines is 1. The minimum Gasteiger partial charge on any atom is -0.508 e. The van der Waals surface area contributed by atoms with Gasteiger partial charge in [-0.25, -0.2) is 0 Å². The van der Waals surface area contributed by atoms with E-state index in [1.165, 1.54) is 5.56 Å². The van der Waals surface area contributed by atoms with E-state index >= 15 is 0 Å². The number of hydrogen-bond acceptors (Lipinski definition) is 2. The summed E-state index contributed by atoms with van der Waals surface area (Å²) in [6.07, 6.45) is 0. The molecule has 0 aliphatic rings. The monoisotopic (exact) mass is 305 g/mol. The number of hydrogen-bond donors (Lipinski definition) is 2. The summed E-state index contributed by atoms with van der Waals surface area (Å²) in [5, 5.41) is 13.1. The summed E-state index contributed by atoms with van der Waals surface area (Å²) in [6.45, 7) is 3.98. The molecule has 0 bridgehead atoms. The van der Waals surface area contributed by atoms with Crippen LogP contribution in [0.25, 0.3) is 0 Å². The Kier molecular flexibility index (Phi) is 3.92. The van der Waals surface area contributed by atoms with Gasteiger partial charge in [-0.15, -0.1) is 0 Å². The number of benzene rings is 2. The summed E-state index contributed by atoms with van der Waals surface area (Å²) in [5.41, 5.74) is 2.99. The van der Waals surface area contributed by atoms with E-state index in [0.717, 1.165) is 15.7 Å². The lowest BCUT2D eigenvalue weighted by atomic mass is 10.1. The van der Waals surface area contributed by atoms with Crippen LogP contribution in [0.15, 0.2) is 46.9 Å². The molecule has 0 heterocycles. The number of aromatic hydroxyl groups is 1. The van der Waals surface area contributed by atoms with Crippen LogP contribution in [-0.4, -0.2) is 5.11 Å². The Hall–Kier alpha value is -1.48. The van der Waals surface area contributed by atoms with Gasteiger partial charge in [0.1, 0.15) is 5.75 Å². The van der Waals surface area contributed by atoms with Crippen LogP contribution in [0.5, 0.6) is 5.75 Å². The number of nitrogens with one attached hydrogen (secondary N) is 1. The topological polar surface area (TPSA) is 32.3 Å². The number of phenols is 1. The number of aryl methyl sites for hydroxylation is 1. The maximum absolute atomic E-state index is 9.69. The van der Waals surface area contributed by atoms with Gasteiger partial charge in [0.25, 0.3) is 0 Å². The van der Waals surface area contributed by atoms with Crippen molar-refractivity contribution in [3.05, 3.63) is 58.1 Å². The van der Waals surface area contributed by atoms with Crippen molar-refractivity contribution in [2.75, 3.05) is 5.32 Å². The standard InChI is InChI=1S/C15H16BrNO/c1-10-7-8-12(9-15(10)18)17-11(2)13-5-3-4-6-14(13)16/h3-9,11,17-18H,1-2H3. The normalized spacial score (nSPS) is 12.2. The Balaban J connectivity index is 2.19.